The van der Waals surface area contributed by atoms with Gasteiger partial charge in [0.2, 0.25) is 0 Å². The fraction of sp³-hybridized carbons (Fsp3) is 0.400. The molecule has 1 fully saturated rings. The second-order valence-electron chi connectivity index (χ2n) is 6.98. The zero-order valence-corrected chi connectivity index (χ0v) is 14.8. The molecule has 0 spiro atoms. The number of nitrogens with one attached hydrogen (secondary N) is 2. The zero-order chi connectivity index (χ0) is 19.8. The van der Waals surface area contributed by atoms with Crippen molar-refractivity contribution in [3.8, 4) is 18.2 Å². The highest BCUT2D eigenvalue weighted by Crippen LogP contribution is 2.52. The number of hydrogen-bond acceptors (Lipinski definition) is 4. The molecule has 7 heteroatoms. The van der Waals surface area contributed by atoms with Crippen molar-refractivity contribution in [2.45, 2.75) is 12.8 Å². The Labute approximate surface area is 156 Å². The van der Waals surface area contributed by atoms with Crippen LogP contribution in [0.3, 0.4) is 0 Å². The lowest BCUT2D eigenvalue weighted by molar-refractivity contribution is -0.897. The number of nitriles is 3. The molecule has 1 aromatic rings. The van der Waals surface area contributed by atoms with Gasteiger partial charge in [0.25, 0.3) is 0 Å². The highest BCUT2D eigenvalue weighted by Gasteiger charge is 2.58. The summed E-state index contributed by atoms with van der Waals surface area (Å²) in [6, 6.07) is 9.28. The average Bonchev–Trinajstić information content (AvgIpc) is 2.69. The topological polar surface area (TPSA) is 99.7 Å². The molecule has 5 nitrogen and oxygen atoms in total. The van der Waals surface area contributed by atoms with Crippen LogP contribution >= 0.6 is 0 Å². The summed E-state index contributed by atoms with van der Waals surface area (Å²) in [4.78, 5) is 1.20. The van der Waals surface area contributed by atoms with Crippen LogP contribution in [0.4, 0.5) is 8.78 Å². The van der Waals surface area contributed by atoms with Crippen molar-refractivity contribution in [2.75, 3.05) is 19.6 Å². The number of rotatable bonds is 2. The standard InChI is InChI=1S/C20H17F2N5/c1-2-27-6-5-13-14(8-23)19(26)20(10-24,11-25)18(15(13)9-27)12-3-4-16(21)17(22)7-12/h3-5,7,14-15,18,26H,2,6,9H2,1H3/p+1/t14?,15-,18+/m1/s1. The number of fused-ring (bicyclic) bond motifs is 1. The molecule has 1 aliphatic carbocycles. The third-order valence-corrected chi connectivity index (χ3v) is 5.76. The minimum atomic E-state index is -1.90. The van der Waals surface area contributed by atoms with E-state index in [0.717, 1.165) is 18.7 Å². The Kier molecular flexibility index (Phi) is 4.79. The van der Waals surface area contributed by atoms with E-state index in [-0.39, 0.29) is 11.6 Å². The highest BCUT2D eigenvalue weighted by atomic mass is 19.2. The van der Waals surface area contributed by atoms with Gasteiger partial charge in [0.1, 0.15) is 5.92 Å². The average molecular weight is 366 g/mol. The Balaban J connectivity index is 2.26. The van der Waals surface area contributed by atoms with Crippen molar-refractivity contribution in [1.29, 1.82) is 21.2 Å². The van der Waals surface area contributed by atoms with Crippen LogP contribution < -0.4 is 4.90 Å². The predicted molar refractivity (Wildman–Crippen MR) is 92.4 cm³/mol. The molecule has 1 aliphatic heterocycles. The number of halogens is 2. The molecule has 136 valence electrons. The van der Waals surface area contributed by atoms with E-state index in [1.54, 1.807) is 0 Å². The molecule has 0 aromatic heterocycles. The Hall–Kier alpha value is -3.08. The van der Waals surface area contributed by atoms with Crippen LogP contribution in [0.2, 0.25) is 0 Å². The number of quaternary nitrogens is 1. The smallest absolute Gasteiger partial charge is 0.189 e. The summed E-state index contributed by atoms with van der Waals surface area (Å²) in [5, 5.41) is 37.8. The summed E-state index contributed by atoms with van der Waals surface area (Å²) in [6.07, 6.45) is 1.90. The molecule has 27 heavy (non-hydrogen) atoms. The van der Waals surface area contributed by atoms with Crippen molar-refractivity contribution in [3.63, 3.8) is 0 Å². The van der Waals surface area contributed by atoms with Gasteiger partial charge in [-0.3, -0.25) is 0 Å². The van der Waals surface area contributed by atoms with Crippen LogP contribution in [-0.4, -0.2) is 25.3 Å². The molecule has 3 rings (SSSR count). The van der Waals surface area contributed by atoms with E-state index < -0.39 is 28.9 Å². The third-order valence-electron chi connectivity index (χ3n) is 5.76. The minimum Gasteiger partial charge on any atom is -0.331 e. The monoisotopic (exact) mass is 366 g/mol. The number of benzene rings is 1. The Morgan fingerprint density at radius 1 is 1.22 bits per heavy atom. The van der Waals surface area contributed by atoms with Crippen molar-refractivity contribution < 1.29 is 13.7 Å². The number of hydrogen-bond donors (Lipinski definition) is 2. The van der Waals surface area contributed by atoms with Crippen LogP contribution in [0, 0.1) is 68.3 Å². The molecule has 0 saturated heterocycles. The van der Waals surface area contributed by atoms with E-state index in [1.165, 1.54) is 11.0 Å². The molecule has 0 amide bonds. The second-order valence-corrected chi connectivity index (χ2v) is 6.98. The van der Waals surface area contributed by atoms with Gasteiger partial charge < -0.3 is 10.3 Å². The summed E-state index contributed by atoms with van der Waals surface area (Å²) < 4.78 is 27.4. The lowest BCUT2D eigenvalue weighted by Crippen LogP contribution is -3.13. The molecule has 0 bridgehead atoms. The maximum atomic E-state index is 13.9. The molecule has 0 radical (unpaired) electrons. The van der Waals surface area contributed by atoms with Gasteiger partial charge in [-0.2, -0.15) is 15.8 Å². The van der Waals surface area contributed by atoms with Gasteiger partial charge in [0.15, 0.2) is 17.0 Å². The van der Waals surface area contributed by atoms with E-state index in [4.69, 9.17) is 5.41 Å². The van der Waals surface area contributed by atoms with E-state index in [1.807, 2.05) is 25.1 Å². The summed E-state index contributed by atoms with van der Waals surface area (Å²) in [5.74, 6) is -4.25. The Bertz CT molecular complexity index is 933. The lowest BCUT2D eigenvalue weighted by Gasteiger charge is -2.46. The molecule has 1 saturated carbocycles. The maximum Gasteiger partial charge on any atom is 0.189 e. The normalized spacial score (nSPS) is 28.9. The summed E-state index contributed by atoms with van der Waals surface area (Å²) in [5.41, 5.74) is -1.18. The van der Waals surface area contributed by atoms with Crippen LogP contribution in [0.5, 0.6) is 0 Å². The van der Waals surface area contributed by atoms with Crippen molar-refractivity contribution in [1.82, 2.24) is 0 Å². The zero-order valence-electron chi connectivity index (χ0n) is 14.8. The minimum absolute atomic E-state index is 0.285. The molecule has 1 heterocycles. The van der Waals surface area contributed by atoms with Crippen LogP contribution in [0.1, 0.15) is 18.4 Å². The van der Waals surface area contributed by atoms with Gasteiger partial charge in [-0.15, -0.1) is 0 Å². The van der Waals surface area contributed by atoms with E-state index in [9.17, 15) is 24.6 Å². The molecular weight excluding hydrogens is 348 g/mol. The maximum absolute atomic E-state index is 13.9. The Morgan fingerprint density at radius 2 is 1.93 bits per heavy atom. The highest BCUT2D eigenvalue weighted by molar-refractivity contribution is 6.00. The largest absolute Gasteiger partial charge is 0.331 e. The molecule has 2 unspecified atom stereocenters. The van der Waals surface area contributed by atoms with Gasteiger partial charge in [-0.05, 0) is 36.3 Å². The van der Waals surface area contributed by atoms with Gasteiger partial charge in [0.05, 0.1) is 43.6 Å². The van der Waals surface area contributed by atoms with E-state index in [0.29, 0.717) is 24.2 Å². The summed E-state index contributed by atoms with van der Waals surface area (Å²) in [6.45, 7) is 4.06. The first-order valence-corrected chi connectivity index (χ1v) is 8.73. The van der Waals surface area contributed by atoms with Crippen LogP contribution in [-0.2, 0) is 0 Å². The Morgan fingerprint density at radius 3 is 2.48 bits per heavy atom. The van der Waals surface area contributed by atoms with Crippen molar-refractivity contribution >= 4 is 5.71 Å². The first-order valence-electron chi connectivity index (χ1n) is 8.73. The fourth-order valence-corrected chi connectivity index (χ4v) is 4.33. The molecule has 2 aliphatic rings. The lowest BCUT2D eigenvalue weighted by atomic mass is 9.54. The van der Waals surface area contributed by atoms with Gasteiger partial charge >= 0.3 is 0 Å². The molecule has 1 aromatic carbocycles. The van der Waals surface area contributed by atoms with E-state index in [2.05, 4.69) is 6.07 Å². The van der Waals surface area contributed by atoms with Crippen LogP contribution in [0.15, 0.2) is 29.8 Å². The van der Waals surface area contributed by atoms with Gasteiger partial charge in [0, 0.05) is 11.8 Å². The first kappa shape index (κ1) is 18.7. The second kappa shape index (κ2) is 6.91. The number of nitrogens with zero attached hydrogens (tertiary/aromatic N) is 3. The SMILES string of the molecule is CC[NH+]1CC=C2C(C#N)C(=N)C(C#N)(C#N)[C@@H](c3ccc(F)c(F)c3)[C@@H]2C1. The van der Waals surface area contributed by atoms with Gasteiger partial charge in [-0.1, -0.05) is 6.07 Å². The van der Waals surface area contributed by atoms with Gasteiger partial charge in [-0.25, -0.2) is 8.78 Å². The van der Waals surface area contributed by atoms with Crippen molar-refractivity contribution in [3.05, 3.63) is 47.0 Å². The van der Waals surface area contributed by atoms with E-state index >= 15 is 0 Å². The summed E-state index contributed by atoms with van der Waals surface area (Å²) in [7, 11) is 0. The third kappa shape index (κ3) is 2.70. The predicted octanol–water partition coefficient (Wildman–Crippen LogP) is 1.72. The summed E-state index contributed by atoms with van der Waals surface area (Å²) >= 11 is 0. The molecular formula is C20H18F2N5+. The molecule has 2 N–H and O–H groups in total. The van der Waals surface area contributed by atoms with Crippen molar-refractivity contribution in [2.24, 2.45) is 17.3 Å². The number of likely N-dealkylation sites (N-methyl/N-ethyl adjacent to an activating group) is 1. The first-order chi connectivity index (χ1) is 12.9. The van der Waals surface area contributed by atoms with Crippen LogP contribution in [0.25, 0.3) is 0 Å². The quantitative estimate of drug-likeness (QED) is 0.780. The molecule has 4 atom stereocenters. The fourth-order valence-electron chi connectivity index (χ4n) is 4.33.